The normalized spacial score (nSPS) is 10.3. The van der Waals surface area contributed by atoms with Crippen molar-refractivity contribution >= 4 is 24.3 Å². The molecule has 1 aromatic carbocycles. The van der Waals surface area contributed by atoms with Crippen LogP contribution in [0.1, 0.15) is 5.56 Å². The number of benzene rings is 1. The smallest absolute Gasteiger partial charge is 0.488 e. The number of aromatic nitrogens is 2. The van der Waals surface area contributed by atoms with E-state index in [1.165, 1.54) is 11.8 Å². The predicted molar refractivity (Wildman–Crippen MR) is 74.4 cm³/mol. The Bertz CT molecular complexity index is 540. The summed E-state index contributed by atoms with van der Waals surface area (Å²) in [6.45, 7) is 0. The van der Waals surface area contributed by atoms with E-state index >= 15 is 0 Å². The number of ether oxygens (including phenoxy) is 1. The van der Waals surface area contributed by atoms with E-state index in [0.717, 1.165) is 5.56 Å². The van der Waals surface area contributed by atoms with Crippen LogP contribution in [0.5, 0.6) is 5.75 Å². The number of nitrogens with zero attached hydrogens (tertiary/aromatic N) is 2. The van der Waals surface area contributed by atoms with Crippen molar-refractivity contribution in [1.29, 1.82) is 0 Å². The molecule has 0 aliphatic heterocycles. The molecule has 0 saturated heterocycles. The van der Waals surface area contributed by atoms with Crippen molar-refractivity contribution < 1.29 is 14.8 Å². The van der Waals surface area contributed by atoms with Crippen LogP contribution < -0.4 is 10.2 Å². The van der Waals surface area contributed by atoms with Gasteiger partial charge in [0.25, 0.3) is 0 Å². The second kappa shape index (κ2) is 6.56. The fraction of sp³-hybridized carbons (Fsp3) is 0.167. The van der Waals surface area contributed by atoms with Crippen LogP contribution in [0.3, 0.4) is 0 Å². The van der Waals surface area contributed by atoms with Gasteiger partial charge in [0.1, 0.15) is 5.75 Å². The van der Waals surface area contributed by atoms with Crippen LogP contribution in [0.2, 0.25) is 0 Å². The van der Waals surface area contributed by atoms with Gasteiger partial charge in [0.05, 0.1) is 7.11 Å². The first kappa shape index (κ1) is 13.9. The monoisotopic (exact) mass is 276 g/mol. The minimum atomic E-state index is -1.50. The highest BCUT2D eigenvalue weighted by Crippen LogP contribution is 2.20. The summed E-state index contributed by atoms with van der Waals surface area (Å²) in [6, 6.07) is 6.87. The topological polar surface area (TPSA) is 75.5 Å². The zero-order valence-electron chi connectivity index (χ0n) is 10.4. The first-order valence-corrected chi connectivity index (χ1v) is 6.62. The minimum Gasteiger partial charge on any atom is -0.497 e. The van der Waals surface area contributed by atoms with Crippen LogP contribution in [0.15, 0.2) is 41.8 Å². The molecule has 1 heterocycles. The van der Waals surface area contributed by atoms with E-state index in [1.54, 1.807) is 43.8 Å². The van der Waals surface area contributed by atoms with Crippen LogP contribution in [0.25, 0.3) is 0 Å². The van der Waals surface area contributed by atoms with Gasteiger partial charge in [0.15, 0.2) is 5.16 Å². The average Bonchev–Trinajstić information content (AvgIpc) is 2.45. The van der Waals surface area contributed by atoms with E-state index in [1.807, 2.05) is 0 Å². The summed E-state index contributed by atoms with van der Waals surface area (Å²) in [6.07, 6.45) is 3.34. The molecule has 7 heteroatoms. The molecule has 0 saturated carbocycles. The fourth-order valence-corrected chi connectivity index (χ4v) is 2.39. The lowest BCUT2D eigenvalue weighted by atomic mass is 9.77. The maximum Gasteiger partial charge on any atom is 0.488 e. The van der Waals surface area contributed by atoms with Gasteiger partial charge in [-0.25, -0.2) is 9.97 Å². The Labute approximate surface area is 115 Å². The molecule has 2 N–H and O–H groups in total. The van der Waals surface area contributed by atoms with Gasteiger partial charge in [-0.1, -0.05) is 17.8 Å². The third kappa shape index (κ3) is 3.70. The number of methoxy groups -OCH3 is 1. The Hall–Kier alpha value is -1.57. The standard InChI is InChI=1S/C12H13BN2O3S/c1-18-10-3-4-11(13(16)17)9(7-10)8-19-12-14-5-2-6-15-12/h2-7,16-17H,8H2,1H3. The fourth-order valence-electron chi connectivity index (χ4n) is 1.59. The van der Waals surface area contributed by atoms with Crippen molar-refractivity contribution in [3.8, 4) is 5.75 Å². The van der Waals surface area contributed by atoms with E-state index < -0.39 is 7.12 Å². The first-order chi connectivity index (χ1) is 9.20. The zero-order chi connectivity index (χ0) is 13.7. The Morgan fingerprint density at radius 3 is 2.63 bits per heavy atom. The second-order valence-corrected chi connectivity index (χ2v) is 4.70. The molecule has 2 aromatic rings. The Balaban J connectivity index is 2.18. The van der Waals surface area contributed by atoms with Crippen LogP contribution in [-0.4, -0.2) is 34.2 Å². The summed E-state index contributed by atoms with van der Waals surface area (Å²) in [7, 11) is 0.0694. The Morgan fingerprint density at radius 1 is 1.26 bits per heavy atom. The summed E-state index contributed by atoms with van der Waals surface area (Å²) in [5.74, 6) is 1.21. The van der Waals surface area contributed by atoms with Gasteiger partial charge in [0.2, 0.25) is 0 Å². The van der Waals surface area contributed by atoms with Crippen molar-refractivity contribution in [1.82, 2.24) is 9.97 Å². The number of thioether (sulfide) groups is 1. The zero-order valence-corrected chi connectivity index (χ0v) is 11.2. The quantitative estimate of drug-likeness (QED) is 0.469. The maximum absolute atomic E-state index is 9.34. The van der Waals surface area contributed by atoms with E-state index in [0.29, 0.717) is 22.1 Å². The summed E-state index contributed by atoms with van der Waals surface area (Å²) < 4.78 is 5.14. The molecule has 0 spiro atoms. The lowest BCUT2D eigenvalue weighted by molar-refractivity contribution is 0.413. The third-order valence-electron chi connectivity index (χ3n) is 2.53. The maximum atomic E-state index is 9.34. The third-order valence-corrected chi connectivity index (χ3v) is 3.45. The summed E-state index contributed by atoms with van der Waals surface area (Å²) >= 11 is 1.42. The molecule has 5 nitrogen and oxygen atoms in total. The van der Waals surface area contributed by atoms with Crippen molar-refractivity contribution in [3.63, 3.8) is 0 Å². The van der Waals surface area contributed by atoms with Crippen molar-refractivity contribution in [2.45, 2.75) is 10.9 Å². The highest BCUT2D eigenvalue weighted by Gasteiger charge is 2.16. The molecule has 2 rings (SSSR count). The molecule has 0 aliphatic rings. The van der Waals surface area contributed by atoms with Gasteiger partial charge < -0.3 is 14.8 Å². The predicted octanol–water partition coefficient (Wildman–Crippen LogP) is 0.457. The largest absolute Gasteiger partial charge is 0.497 e. The van der Waals surface area contributed by atoms with Crippen LogP contribution >= 0.6 is 11.8 Å². The van der Waals surface area contributed by atoms with Gasteiger partial charge in [0, 0.05) is 18.1 Å². The minimum absolute atomic E-state index is 0.462. The lowest BCUT2D eigenvalue weighted by Gasteiger charge is -2.10. The first-order valence-electron chi connectivity index (χ1n) is 5.63. The molecule has 0 atom stereocenters. The van der Waals surface area contributed by atoms with E-state index in [-0.39, 0.29) is 0 Å². The molecule has 19 heavy (non-hydrogen) atoms. The Morgan fingerprint density at radius 2 is 2.00 bits per heavy atom. The summed E-state index contributed by atoms with van der Waals surface area (Å²) in [5.41, 5.74) is 1.25. The molecule has 0 fully saturated rings. The van der Waals surface area contributed by atoms with Gasteiger partial charge in [-0.15, -0.1) is 0 Å². The highest BCUT2D eigenvalue weighted by molar-refractivity contribution is 7.98. The molecule has 98 valence electrons. The molecule has 0 radical (unpaired) electrons. The lowest BCUT2D eigenvalue weighted by Crippen LogP contribution is -2.32. The average molecular weight is 276 g/mol. The van der Waals surface area contributed by atoms with E-state index in [9.17, 15) is 10.0 Å². The summed E-state index contributed by atoms with van der Waals surface area (Å²) in [4.78, 5) is 8.21. The molecule has 0 aliphatic carbocycles. The molecule has 1 aromatic heterocycles. The molecule has 0 bridgehead atoms. The van der Waals surface area contributed by atoms with Crippen LogP contribution in [0, 0.1) is 0 Å². The second-order valence-electron chi connectivity index (χ2n) is 3.76. The number of rotatable bonds is 5. The molecule has 0 amide bonds. The van der Waals surface area contributed by atoms with E-state index in [2.05, 4.69) is 9.97 Å². The summed E-state index contributed by atoms with van der Waals surface area (Å²) in [5, 5.41) is 19.3. The van der Waals surface area contributed by atoms with Crippen molar-refractivity contribution in [3.05, 3.63) is 42.2 Å². The van der Waals surface area contributed by atoms with Gasteiger partial charge >= 0.3 is 7.12 Å². The Kier molecular flexibility index (Phi) is 4.78. The van der Waals surface area contributed by atoms with Crippen molar-refractivity contribution in [2.24, 2.45) is 0 Å². The van der Waals surface area contributed by atoms with Crippen LogP contribution in [0.4, 0.5) is 0 Å². The SMILES string of the molecule is COc1ccc(B(O)O)c(CSc2ncccn2)c1. The van der Waals surface area contributed by atoms with Crippen LogP contribution in [-0.2, 0) is 5.75 Å². The van der Waals surface area contributed by atoms with Gasteiger partial charge in [-0.2, -0.15) is 0 Å². The van der Waals surface area contributed by atoms with Gasteiger partial charge in [-0.3, -0.25) is 0 Å². The van der Waals surface area contributed by atoms with Gasteiger partial charge in [-0.05, 0) is 29.2 Å². The number of hydrogen-bond donors (Lipinski definition) is 2. The number of hydrogen-bond acceptors (Lipinski definition) is 6. The van der Waals surface area contributed by atoms with E-state index in [4.69, 9.17) is 4.74 Å². The highest BCUT2D eigenvalue weighted by atomic mass is 32.2. The molecule has 0 unspecified atom stereocenters. The van der Waals surface area contributed by atoms with Crippen molar-refractivity contribution in [2.75, 3.05) is 7.11 Å². The molecular formula is C12H13BN2O3S. The molecular weight excluding hydrogens is 263 g/mol.